The molecule has 9 N–H and O–H groups in total. The second-order valence-corrected chi connectivity index (χ2v) is 26.4. The number of allylic oxidation sites excluding steroid dienone is 9. The summed E-state index contributed by atoms with van der Waals surface area (Å²) in [5.41, 5.74) is 0. The molecule has 2 saturated heterocycles. The molecule has 2 heterocycles. The molecule has 0 bridgehead atoms. The van der Waals surface area contributed by atoms with Crippen molar-refractivity contribution in [3.05, 3.63) is 60.8 Å². The van der Waals surface area contributed by atoms with Gasteiger partial charge in [-0.3, -0.25) is 4.79 Å². The molecule has 12 atom stereocenters. The molecule has 2 fully saturated rings. The van der Waals surface area contributed by atoms with Crippen LogP contribution in [0.25, 0.3) is 0 Å². The fraction of sp³-hybridized carbons (Fsp3) is 0.855. The van der Waals surface area contributed by atoms with Crippen molar-refractivity contribution in [1.82, 2.24) is 5.32 Å². The molecule has 12 unspecified atom stereocenters. The Bertz CT molecular complexity index is 1740. The number of unbranched alkanes of at least 4 members (excludes halogenated alkanes) is 41. The van der Waals surface area contributed by atoms with Crippen molar-refractivity contribution in [2.24, 2.45) is 0 Å². The van der Waals surface area contributed by atoms with Crippen LogP contribution >= 0.6 is 0 Å². The molecule has 0 aromatic carbocycles. The van der Waals surface area contributed by atoms with Crippen molar-refractivity contribution in [3.8, 4) is 0 Å². The van der Waals surface area contributed by atoms with Crippen molar-refractivity contribution in [3.63, 3.8) is 0 Å². The third-order valence-corrected chi connectivity index (χ3v) is 18.2. The van der Waals surface area contributed by atoms with Crippen LogP contribution in [-0.4, -0.2) is 140 Å². The van der Waals surface area contributed by atoms with E-state index >= 15 is 0 Å². The average molecular weight is 1270 g/mol. The first-order valence-corrected chi connectivity index (χ1v) is 37.5. The van der Waals surface area contributed by atoms with Crippen molar-refractivity contribution in [1.29, 1.82) is 0 Å². The van der Waals surface area contributed by atoms with Crippen LogP contribution in [0, 0.1) is 0 Å². The number of ether oxygens (including phenoxy) is 4. The average Bonchev–Trinajstić information content (AvgIpc) is 1.04. The Morgan fingerprint density at radius 1 is 0.400 bits per heavy atom. The highest BCUT2D eigenvalue weighted by Gasteiger charge is 2.51. The second-order valence-electron chi connectivity index (χ2n) is 26.4. The highest BCUT2D eigenvalue weighted by atomic mass is 16.7. The molecule has 0 spiro atoms. The normalized spacial score (nSPS) is 23.2. The summed E-state index contributed by atoms with van der Waals surface area (Å²) in [6.45, 7) is 2.80. The zero-order chi connectivity index (χ0) is 65.2. The van der Waals surface area contributed by atoms with Crippen LogP contribution in [-0.2, 0) is 23.7 Å². The maximum absolute atomic E-state index is 13.3. The van der Waals surface area contributed by atoms with E-state index in [0.29, 0.717) is 12.8 Å². The number of nitrogens with one attached hydrogen (secondary N) is 1. The van der Waals surface area contributed by atoms with Crippen LogP contribution in [0.4, 0.5) is 0 Å². The number of carbonyl (C=O) groups is 1. The Kier molecular flexibility index (Phi) is 56.2. The quantitative estimate of drug-likeness (QED) is 0.0204. The number of carbonyl (C=O) groups excluding carboxylic acids is 1. The monoisotopic (exact) mass is 1270 g/mol. The van der Waals surface area contributed by atoms with Gasteiger partial charge in [0.05, 0.1) is 32.0 Å². The smallest absolute Gasteiger partial charge is 0.220 e. The third-order valence-electron chi connectivity index (χ3n) is 18.2. The van der Waals surface area contributed by atoms with Gasteiger partial charge in [0.1, 0.15) is 48.8 Å². The summed E-state index contributed by atoms with van der Waals surface area (Å²) >= 11 is 0. The number of rotatable bonds is 62. The van der Waals surface area contributed by atoms with E-state index in [1.807, 2.05) is 6.08 Å². The molecule has 0 aromatic rings. The molecular weight excluding hydrogens is 1130 g/mol. The maximum atomic E-state index is 13.3. The van der Waals surface area contributed by atoms with Gasteiger partial charge in [0.2, 0.25) is 5.91 Å². The second kappa shape index (κ2) is 60.4. The minimum absolute atomic E-state index is 0.244. The summed E-state index contributed by atoms with van der Waals surface area (Å²) in [6.07, 6.45) is 64.5. The van der Waals surface area contributed by atoms with Gasteiger partial charge in [-0.1, -0.05) is 306 Å². The van der Waals surface area contributed by atoms with E-state index in [0.717, 1.165) is 44.9 Å². The minimum atomic E-state index is -1.79. The molecular formula is C76H139NO13. The van der Waals surface area contributed by atoms with Gasteiger partial charge in [-0.15, -0.1) is 0 Å². The van der Waals surface area contributed by atoms with Crippen LogP contribution in [0.1, 0.15) is 322 Å². The summed E-state index contributed by atoms with van der Waals surface area (Å²) in [4.78, 5) is 13.3. The first-order valence-electron chi connectivity index (χ1n) is 37.5. The van der Waals surface area contributed by atoms with Crippen LogP contribution in [0.3, 0.4) is 0 Å². The van der Waals surface area contributed by atoms with Gasteiger partial charge in [0.25, 0.3) is 0 Å². The van der Waals surface area contributed by atoms with E-state index in [2.05, 4.69) is 67.8 Å². The van der Waals surface area contributed by atoms with Crippen LogP contribution in [0.5, 0.6) is 0 Å². The summed E-state index contributed by atoms with van der Waals surface area (Å²) in [5.74, 6) is -0.244. The number of hydrogen-bond donors (Lipinski definition) is 9. The molecule has 2 rings (SSSR count). The first kappa shape index (κ1) is 83.8. The van der Waals surface area contributed by atoms with E-state index in [4.69, 9.17) is 18.9 Å². The van der Waals surface area contributed by atoms with Gasteiger partial charge in [-0.2, -0.15) is 0 Å². The standard InChI is InChI=1S/C76H139NO13/c1-3-5-7-9-11-13-15-17-19-21-22-23-24-25-26-27-28-29-30-31-32-33-34-35-36-37-38-39-40-41-42-44-46-48-50-52-54-56-58-60-68(81)77-64(65(80)59-57-55-53-51-49-47-45-43-20-18-16-14-12-10-8-6-4-2)63-87-75-73(86)71(84)74(67(62-79)89-75)90-76-72(85)70(83)69(82)66(61-78)88-76/h15,17,21-22,24-25,49,51,57,59,64-67,69-76,78-80,82-86H,3-14,16,18-20,23,26-48,50,52-56,58,60-63H2,1-2H3,(H,77,81)/b17-15-,22-21-,25-24-,51-49+,59-57+. The summed E-state index contributed by atoms with van der Waals surface area (Å²) in [6, 6.07) is -0.932. The van der Waals surface area contributed by atoms with Gasteiger partial charge in [0, 0.05) is 6.42 Å². The van der Waals surface area contributed by atoms with Crippen molar-refractivity contribution in [2.45, 2.75) is 396 Å². The molecule has 1 amide bonds. The Labute approximate surface area is 549 Å². The lowest BCUT2D eigenvalue weighted by Gasteiger charge is -2.46. The summed E-state index contributed by atoms with van der Waals surface area (Å²) in [7, 11) is 0. The molecule has 526 valence electrons. The first-order chi connectivity index (χ1) is 44.1. The fourth-order valence-corrected chi connectivity index (χ4v) is 12.2. The third kappa shape index (κ3) is 43.6. The van der Waals surface area contributed by atoms with Gasteiger partial charge in [-0.05, 0) is 70.6 Å². The van der Waals surface area contributed by atoms with Gasteiger partial charge < -0.3 is 65.1 Å². The number of aliphatic hydroxyl groups is 8. The zero-order valence-electron chi connectivity index (χ0n) is 57.4. The Morgan fingerprint density at radius 3 is 1.17 bits per heavy atom. The Hall–Kier alpha value is -2.31. The molecule has 0 aromatic heterocycles. The van der Waals surface area contributed by atoms with E-state index in [-0.39, 0.29) is 18.9 Å². The zero-order valence-corrected chi connectivity index (χ0v) is 57.4. The highest BCUT2D eigenvalue weighted by molar-refractivity contribution is 5.76. The minimum Gasteiger partial charge on any atom is -0.394 e. The summed E-state index contributed by atoms with van der Waals surface area (Å²) < 4.78 is 22.8. The number of hydrogen-bond acceptors (Lipinski definition) is 13. The van der Waals surface area contributed by atoms with E-state index in [9.17, 15) is 45.6 Å². The molecule has 2 aliphatic heterocycles. The highest BCUT2D eigenvalue weighted by Crippen LogP contribution is 2.30. The lowest BCUT2D eigenvalue weighted by Crippen LogP contribution is -2.65. The predicted molar refractivity (Wildman–Crippen MR) is 369 cm³/mol. The maximum Gasteiger partial charge on any atom is 0.220 e. The Morgan fingerprint density at radius 2 is 0.744 bits per heavy atom. The molecule has 0 aliphatic carbocycles. The molecule has 14 nitrogen and oxygen atoms in total. The topological polar surface area (TPSA) is 228 Å². The van der Waals surface area contributed by atoms with Crippen molar-refractivity contribution in [2.75, 3.05) is 19.8 Å². The lowest BCUT2D eigenvalue weighted by molar-refractivity contribution is -0.359. The van der Waals surface area contributed by atoms with Gasteiger partial charge in [0.15, 0.2) is 12.6 Å². The fourth-order valence-electron chi connectivity index (χ4n) is 12.2. The van der Waals surface area contributed by atoms with Crippen molar-refractivity contribution >= 4 is 5.91 Å². The molecule has 0 radical (unpaired) electrons. The number of amides is 1. The SMILES string of the molecule is CCCCCCC/C=C\C/C=C\C/C=C\CCCCCCCCCCCCCCCCCCCCCCCCCCC(=O)NC(COC1OC(CO)C(OC2OC(CO)C(O)C(O)C2O)C(O)C1O)C(O)/C=C/CC/C=C/CCCCCCCCCCCCC. The summed E-state index contributed by atoms with van der Waals surface area (Å²) in [5, 5.41) is 87.4. The molecule has 2 aliphatic rings. The van der Waals surface area contributed by atoms with Gasteiger partial charge in [-0.25, -0.2) is 0 Å². The van der Waals surface area contributed by atoms with Crippen LogP contribution in [0.15, 0.2) is 60.8 Å². The van der Waals surface area contributed by atoms with Crippen LogP contribution < -0.4 is 5.32 Å². The number of aliphatic hydroxyl groups excluding tert-OH is 8. The van der Waals surface area contributed by atoms with Crippen LogP contribution in [0.2, 0.25) is 0 Å². The van der Waals surface area contributed by atoms with Gasteiger partial charge >= 0.3 is 0 Å². The lowest BCUT2D eigenvalue weighted by atomic mass is 9.97. The van der Waals surface area contributed by atoms with E-state index < -0.39 is 86.8 Å². The molecule has 14 heteroatoms. The van der Waals surface area contributed by atoms with E-state index in [1.165, 1.54) is 244 Å². The molecule has 90 heavy (non-hydrogen) atoms. The molecule has 0 saturated carbocycles. The van der Waals surface area contributed by atoms with Crippen molar-refractivity contribution < 1.29 is 64.6 Å². The predicted octanol–water partition coefficient (Wildman–Crippen LogP) is 16.0. The largest absolute Gasteiger partial charge is 0.394 e. The Balaban J connectivity index is 1.58. The van der Waals surface area contributed by atoms with E-state index in [1.54, 1.807) is 6.08 Å².